The average Bonchev–Trinajstić information content (AvgIpc) is 2.84. The molecule has 3 aromatic rings. The fraction of sp³-hybridized carbons (Fsp3) is 0.188. The monoisotopic (exact) mass is 251 g/mol. The molecule has 0 radical (unpaired) electrons. The van der Waals surface area contributed by atoms with Crippen LogP contribution in [0, 0.1) is 13.8 Å². The van der Waals surface area contributed by atoms with Gasteiger partial charge in [0, 0.05) is 18.8 Å². The molecule has 1 N–H and O–H groups in total. The third kappa shape index (κ3) is 1.97. The van der Waals surface area contributed by atoms with Gasteiger partial charge in [-0.15, -0.1) is 0 Å². The first-order chi connectivity index (χ1) is 9.19. The van der Waals surface area contributed by atoms with E-state index in [2.05, 4.69) is 65.1 Å². The zero-order valence-corrected chi connectivity index (χ0v) is 11.4. The van der Waals surface area contributed by atoms with Crippen LogP contribution in [0.1, 0.15) is 11.1 Å². The van der Waals surface area contributed by atoms with Gasteiger partial charge in [0.05, 0.1) is 17.4 Å². The Morgan fingerprint density at radius 1 is 1.05 bits per heavy atom. The number of nitrogens with one attached hydrogen (secondary N) is 1. The van der Waals surface area contributed by atoms with E-state index in [4.69, 9.17) is 0 Å². The molecule has 0 amide bonds. The maximum atomic E-state index is 4.55. The van der Waals surface area contributed by atoms with Crippen molar-refractivity contribution in [1.29, 1.82) is 0 Å². The van der Waals surface area contributed by atoms with E-state index in [1.165, 1.54) is 11.1 Å². The first kappa shape index (κ1) is 11.8. The molecule has 3 rings (SSSR count). The molecule has 0 fully saturated rings. The topological polar surface area (TPSA) is 29.3 Å². The smallest absolute Gasteiger partial charge is 0.144 e. The molecule has 19 heavy (non-hydrogen) atoms. The fourth-order valence-electron chi connectivity index (χ4n) is 2.23. The van der Waals surface area contributed by atoms with Gasteiger partial charge in [-0.25, -0.2) is 4.98 Å². The highest BCUT2D eigenvalue weighted by molar-refractivity contribution is 5.65. The van der Waals surface area contributed by atoms with E-state index in [-0.39, 0.29) is 0 Å². The first-order valence-corrected chi connectivity index (χ1v) is 6.41. The molecule has 0 atom stereocenters. The second kappa shape index (κ2) is 4.43. The molecule has 0 bridgehead atoms. The minimum Gasteiger partial charge on any atom is -0.387 e. The van der Waals surface area contributed by atoms with E-state index in [0.717, 1.165) is 22.6 Å². The number of nitrogens with zero attached hydrogens (tertiary/aromatic N) is 2. The molecule has 0 spiro atoms. The molecule has 0 aliphatic rings. The normalized spacial score (nSPS) is 10.9. The third-order valence-corrected chi connectivity index (χ3v) is 3.58. The van der Waals surface area contributed by atoms with Crippen LogP contribution in [-0.2, 0) is 0 Å². The van der Waals surface area contributed by atoms with Crippen LogP contribution < -0.4 is 5.32 Å². The van der Waals surface area contributed by atoms with Gasteiger partial charge in [-0.2, -0.15) is 0 Å². The highest BCUT2D eigenvalue weighted by atomic mass is 15.0. The average molecular weight is 251 g/mol. The number of rotatable bonds is 2. The van der Waals surface area contributed by atoms with Gasteiger partial charge in [0.25, 0.3) is 0 Å². The van der Waals surface area contributed by atoms with Crippen molar-refractivity contribution in [2.45, 2.75) is 13.8 Å². The Hall–Kier alpha value is -2.29. The Morgan fingerprint density at radius 3 is 2.63 bits per heavy atom. The van der Waals surface area contributed by atoms with Crippen molar-refractivity contribution in [3.8, 4) is 11.4 Å². The fourth-order valence-corrected chi connectivity index (χ4v) is 2.23. The molecule has 2 aromatic heterocycles. The lowest BCUT2D eigenvalue weighted by atomic mass is 10.1. The van der Waals surface area contributed by atoms with E-state index < -0.39 is 0 Å². The Morgan fingerprint density at radius 2 is 1.89 bits per heavy atom. The van der Waals surface area contributed by atoms with Crippen molar-refractivity contribution < 1.29 is 0 Å². The van der Waals surface area contributed by atoms with E-state index in [9.17, 15) is 0 Å². The molecule has 96 valence electrons. The van der Waals surface area contributed by atoms with Crippen molar-refractivity contribution in [2.75, 3.05) is 12.4 Å². The van der Waals surface area contributed by atoms with Gasteiger partial charge in [0.15, 0.2) is 0 Å². The molecule has 3 nitrogen and oxygen atoms in total. The van der Waals surface area contributed by atoms with Crippen LogP contribution in [0.2, 0.25) is 0 Å². The number of hydrogen-bond donors (Lipinski definition) is 1. The number of anilines is 1. The Labute approximate surface area is 112 Å². The number of benzene rings is 1. The number of fused-ring (bicyclic) bond motifs is 1. The van der Waals surface area contributed by atoms with E-state index in [0.29, 0.717) is 0 Å². The highest BCUT2D eigenvalue weighted by Crippen LogP contribution is 2.23. The second-order valence-corrected chi connectivity index (χ2v) is 4.84. The van der Waals surface area contributed by atoms with Crippen LogP contribution in [0.15, 0.2) is 42.7 Å². The van der Waals surface area contributed by atoms with Gasteiger partial charge < -0.3 is 5.32 Å². The van der Waals surface area contributed by atoms with Gasteiger partial charge in [-0.1, -0.05) is 12.1 Å². The molecular weight excluding hydrogens is 234 g/mol. The van der Waals surface area contributed by atoms with Gasteiger partial charge >= 0.3 is 0 Å². The van der Waals surface area contributed by atoms with Crippen LogP contribution in [0.25, 0.3) is 16.9 Å². The zero-order valence-electron chi connectivity index (χ0n) is 11.4. The third-order valence-electron chi connectivity index (χ3n) is 3.58. The highest BCUT2D eigenvalue weighted by Gasteiger charge is 2.07. The second-order valence-electron chi connectivity index (χ2n) is 4.84. The summed E-state index contributed by atoms with van der Waals surface area (Å²) >= 11 is 0. The summed E-state index contributed by atoms with van der Waals surface area (Å²) in [7, 11) is 1.92. The summed E-state index contributed by atoms with van der Waals surface area (Å²) in [5, 5.41) is 3.16. The molecule has 0 aliphatic carbocycles. The van der Waals surface area contributed by atoms with Crippen LogP contribution in [-0.4, -0.2) is 16.4 Å². The first-order valence-electron chi connectivity index (χ1n) is 6.41. The molecule has 0 unspecified atom stereocenters. The SMILES string of the molecule is CNc1ccc2cnc(-c3ccc(C)c(C)c3)n2c1. The van der Waals surface area contributed by atoms with Crippen molar-refractivity contribution >= 4 is 11.2 Å². The van der Waals surface area contributed by atoms with E-state index >= 15 is 0 Å². The predicted octanol–water partition coefficient (Wildman–Crippen LogP) is 3.66. The van der Waals surface area contributed by atoms with Crippen molar-refractivity contribution in [1.82, 2.24) is 9.38 Å². The lowest BCUT2D eigenvalue weighted by Crippen LogP contribution is -1.94. The summed E-state index contributed by atoms with van der Waals surface area (Å²) in [5.74, 6) is 0.982. The molecule has 0 saturated carbocycles. The van der Waals surface area contributed by atoms with E-state index in [1.54, 1.807) is 0 Å². The molecule has 0 saturated heterocycles. The lowest BCUT2D eigenvalue weighted by molar-refractivity contribution is 1.16. The minimum atomic E-state index is 0.982. The molecule has 2 heterocycles. The van der Waals surface area contributed by atoms with Crippen molar-refractivity contribution in [3.63, 3.8) is 0 Å². The summed E-state index contributed by atoms with van der Waals surface area (Å²) < 4.78 is 2.12. The van der Waals surface area contributed by atoms with E-state index in [1.807, 2.05) is 13.2 Å². The quantitative estimate of drug-likeness (QED) is 0.753. The summed E-state index contributed by atoms with van der Waals surface area (Å²) in [4.78, 5) is 4.55. The predicted molar refractivity (Wildman–Crippen MR) is 79.6 cm³/mol. The molecule has 3 heteroatoms. The standard InChI is InChI=1S/C16H17N3/c1-11-4-5-13(8-12(11)2)16-18-9-15-7-6-14(17-3)10-19(15)16/h4-10,17H,1-3H3. The van der Waals surface area contributed by atoms with Crippen LogP contribution in [0.3, 0.4) is 0 Å². The lowest BCUT2D eigenvalue weighted by Gasteiger charge is -2.06. The number of pyridine rings is 1. The minimum absolute atomic E-state index is 0.982. The summed E-state index contributed by atoms with van der Waals surface area (Å²) in [5.41, 5.74) is 5.93. The summed E-state index contributed by atoms with van der Waals surface area (Å²) in [6, 6.07) is 10.6. The Balaban J connectivity index is 2.21. The van der Waals surface area contributed by atoms with Crippen molar-refractivity contribution in [2.24, 2.45) is 0 Å². The Kier molecular flexibility index (Phi) is 2.75. The number of hydrogen-bond acceptors (Lipinski definition) is 2. The van der Waals surface area contributed by atoms with Gasteiger partial charge in [0.2, 0.25) is 0 Å². The maximum absolute atomic E-state index is 4.55. The van der Waals surface area contributed by atoms with Gasteiger partial charge in [0.1, 0.15) is 5.82 Å². The van der Waals surface area contributed by atoms with Crippen LogP contribution >= 0.6 is 0 Å². The molecule has 0 aliphatic heterocycles. The maximum Gasteiger partial charge on any atom is 0.144 e. The number of aryl methyl sites for hydroxylation is 2. The van der Waals surface area contributed by atoms with Crippen LogP contribution in [0.4, 0.5) is 5.69 Å². The van der Waals surface area contributed by atoms with Gasteiger partial charge in [-0.05, 0) is 43.2 Å². The largest absolute Gasteiger partial charge is 0.387 e. The molecule has 1 aromatic carbocycles. The Bertz CT molecular complexity index is 741. The molecular formula is C16H17N3. The summed E-state index contributed by atoms with van der Waals surface area (Å²) in [6.07, 6.45) is 3.98. The zero-order chi connectivity index (χ0) is 13.4. The van der Waals surface area contributed by atoms with Crippen LogP contribution in [0.5, 0.6) is 0 Å². The number of aromatic nitrogens is 2. The summed E-state index contributed by atoms with van der Waals surface area (Å²) in [6.45, 7) is 4.26. The van der Waals surface area contributed by atoms with Crippen molar-refractivity contribution in [3.05, 3.63) is 53.9 Å². The number of imidazole rings is 1. The van der Waals surface area contributed by atoms with Gasteiger partial charge in [-0.3, -0.25) is 4.40 Å².